The number of halogens is 2. The minimum absolute atomic E-state index is 0.802. The van der Waals surface area contributed by atoms with Gasteiger partial charge in [-0.05, 0) is 40.8 Å². The van der Waals surface area contributed by atoms with E-state index in [0.29, 0.717) is 0 Å². The average Bonchev–Trinajstić information content (AvgIpc) is 2.32. The molecule has 0 radical (unpaired) electrons. The molecule has 0 fully saturated rings. The Morgan fingerprint density at radius 1 is 1.41 bits per heavy atom. The fourth-order valence-electron chi connectivity index (χ4n) is 2.43. The number of fused-ring (bicyclic) bond motifs is 1. The van der Waals surface area contributed by atoms with Crippen LogP contribution in [0.3, 0.4) is 0 Å². The Balaban J connectivity index is 2.67. The molecular formula is C15H16I2. The summed E-state index contributed by atoms with van der Waals surface area (Å²) in [6.45, 7) is 3.85. The molecule has 1 atom stereocenters. The fraction of sp³-hybridized carbons (Fsp3) is 0.333. The van der Waals surface area contributed by atoms with Crippen molar-refractivity contribution in [3.05, 3.63) is 46.4 Å². The first-order valence-electron chi connectivity index (χ1n) is 5.90. The van der Waals surface area contributed by atoms with Crippen molar-refractivity contribution in [2.45, 2.75) is 23.2 Å². The zero-order valence-corrected chi connectivity index (χ0v) is 14.1. The summed E-state index contributed by atoms with van der Waals surface area (Å²) in [7, 11) is 0. The van der Waals surface area contributed by atoms with E-state index in [0.717, 1.165) is 8.35 Å². The number of hydrogen-bond donors (Lipinski definition) is 0. The van der Waals surface area contributed by atoms with Crippen molar-refractivity contribution >= 4 is 57.3 Å². The molecule has 0 amide bonds. The van der Waals surface area contributed by atoms with Crippen LogP contribution >= 0.6 is 45.2 Å². The van der Waals surface area contributed by atoms with Gasteiger partial charge in [-0.25, -0.2) is 0 Å². The van der Waals surface area contributed by atoms with Crippen molar-refractivity contribution in [2.75, 3.05) is 4.43 Å². The highest BCUT2D eigenvalue weighted by Crippen LogP contribution is 2.23. The van der Waals surface area contributed by atoms with E-state index in [-0.39, 0.29) is 0 Å². The van der Waals surface area contributed by atoms with Gasteiger partial charge in [0.15, 0.2) is 0 Å². The first kappa shape index (κ1) is 13.6. The number of allylic oxidation sites excluding steroid dienone is 1. The zero-order chi connectivity index (χ0) is 12.3. The lowest BCUT2D eigenvalue weighted by molar-refractivity contribution is 0.718. The van der Waals surface area contributed by atoms with E-state index in [1.807, 2.05) is 6.08 Å². The third-order valence-electron chi connectivity index (χ3n) is 3.22. The minimum atomic E-state index is 0.802. The molecule has 0 saturated carbocycles. The summed E-state index contributed by atoms with van der Waals surface area (Å²) in [4.78, 5) is 0. The van der Waals surface area contributed by atoms with E-state index in [1.165, 1.54) is 35.3 Å². The summed E-state index contributed by atoms with van der Waals surface area (Å²) in [6.07, 6.45) is 10.1. The molecule has 1 aromatic rings. The SMILES string of the molecule is C=C/C=c1/c2c(cc/c1=C/CI)CC(I)CC2. The van der Waals surface area contributed by atoms with Gasteiger partial charge in [0.05, 0.1) is 0 Å². The molecule has 90 valence electrons. The first-order valence-corrected chi connectivity index (χ1v) is 8.67. The number of rotatable bonds is 2. The molecule has 0 aliphatic heterocycles. The minimum Gasteiger partial charge on any atom is -0.0990 e. The molecule has 1 aromatic carbocycles. The highest BCUT2D eigenvalue weighted by Gasteiger charge is 2.16. The molecule has 0 aromatic heterocycles. The molecule has 17 heavy (non-hydrogen) atoms. The van der Waals surface area contributed by atoms with Crippen molar-refractivity contribution in [3.8, 4) is 0 Å². The third-order valence-corrected chi connectivity index (χ3v) is 4.72. The lowest BCUT2D eigenvalue weighted by Gasteiger charge is -2.21. The van der Waals surface area contributed by atoms with Gasteiger partial charge in [-0.3, -0.25) is 0 Å². The topological polar surface area (TPSA) is 0 Å². The highest BCUT2D eigenvalue weighted by molar-refractivity contribution is 14.1. The molecule has 0 spiro atoms. The maximum absolute atomic E-state index is 3.85. The highest BCUT2D eigenvalue weighted by atomic mass is 127. The van der Waals surface area contributed by atoms with Crippen LogP contribution in [0.25, 0.3) is 12.2 Å². The maximum atomic E-state index is 3.85. The van der Waals surface area contributed by atoms with Crippen LogP contribution < -0.4 is 10.4 Å². The lowest BCUT2D eigenvalue weighted by atomic mass is 9.89. The molecule has 2 rings (SSSR count). The van der Waals surface area contributed by atoms with Crippen molar-refractivity contribution in [2.24, 2.45) is 0 Å². The largest absolute Gasteiger partial charge is 0.0990 e. The second-order valence-electron chi connectivity index (χ2n) is 4.31. The molecule has 0 nitrogen and oxygen atoms in total. The standard InChI is InChI=1S/C15H16I2/c1-2-3-14-11(8-9-16)4-5-12-10-13(17)6-7-15(12)14/h2-5,8,13H,1,6-7,9-10H2/b11-8-,14-3+. The van der Waals surface area contributed by atoms with Gasteiger partial charge >= 0.3 is 0 Å². The molecule has 1 aliphatic carbocycles. The van der Waals surface area contributed by atoms with E-state index in [1.54, 1.807) is 5.56 Å². The molecule has 1 aliphatic rings. The van der Waals surface area contributed by atoms with Crippen LogP contribution in [0.15, 0.2) is 24.8 Å². The fourth-order valence-corrected chi connectivity index (χ4v) is 3.69. The maximum Gasteiger partial charge on any atom is 0.0184 e. The Morgan fingerprint density at radius 2 is 2.24 bits per heavy atom. The summed E-state index contributed by atoms with van der Waals surface area (Å²) in [5, 5.41) is 2.77. The van der Waals surface area contributed by atoms with Crippen LogP contribution in [0.4, 0.5) is 0 Å². The number of hydrogen-bond acceptors (Lipinski definition) is 0. The van der Waals surface area contributed by atoms with Crippen molar-refractivity contribution in [1.82, 2.24) is 0 Å². The molecule has 2 heteroatoms. The van der Waals surface area contributed by atoms with E-state index in [4.69, 9.17) is 0 Å². The van der Waals surface area contributed by atoms with Crippen LogP contribution in [0.5, 0.6) is 0 Å². The van der Waals surface area contributed by atoms with Gasteiger partial charge in [0.2, 0.25) is 0 Å². The second kappa shape index (κ2) is 6.36. The van der Waals surface area contributed by atoms with Gasteiger partial charge in [-0.2, -0.15) is 0 Å². The lowest BCUT2D eigenvalue weighted by Crippen LogP contribution is -2.33. The molecule has 0 saturated heterocycles. The first-order chi connectivity index (χ1) is 8.26. The Hall–Kier alpha value is 0.160. The molecule has 1 unspecified atom stereocenters. The summed E-state index contributed by atoms with van der Waals surface area (Å²) >= 11 is 4.97. The van der Waals surface area contributed by atoms with E-state index < -0.39 is 0 Å². The normalized spacial score (nSPS) is 21.4. The van der Waals surface area contributed by atoms with Crippen LogP contribution in [-0.4, -0.2) is 8.35 Å². The molecular weight excluding hydrogens is 434 g/mol. The summed E-state index contributed by atoms with van der Waals surface area (Å²) in [5.41, 5.74) is 3.09. The monoisotopic (exact) mass is 450 g/mol. The third kappa shape index (κ3) is 3.13. The van der Waals surface area contributed by atoms with Crippen molar-refractivity contribution in [1.29, 1.82) is 0 Å². The predicted octanol–water partition coefficient (Wildman–Crippen LogP) is 3.16. The summed E-state index contributed by atoms with van der Waals surface area (Å²) < 4.78 is 1.86. The summed E-state index contributed by atoms with van der Waals surface area (Å²) in [5.74, 6) is 0. The van der Waals surface area contributed by atoms with Gasteiger partial charge in [0, 0.05) is 8.35 Å². The second-order valence-corrected chi connectivity index (χ2v) is 6.95. The molecule has 0 N–H and O–H groups in total. The van der Waals surface area contributed by atoms with Crippen LogP contribution in [0.2, 0.25) is 0 Å². The van der Waals surface area contributed by atoms with Crippen molar-refractivity contribution in [3.63, 3.8) is 0 Å². The summed E-state index contributed by atoms with van der Waals surface area (Å²) in [6, 6.07) is 4.58. The quantitative estimate of drug-likeness (QED) is 0.480. The van der Waals surface area contributed by atoms with Gasteiger partial charge < -0.3 is 0 Å². The van der Waals surface area contributed by atoms with Gasteiger partial charge in [-0.1, -0.05) is 82.1 Å². The van der Waals surface area contributed by atoms with E-state index >= 15 is 0 Å². The number of benzene rings is 1. The van der Waals surface area contributed by atoms with E-state index in [9.17, 15) is 0 Å². The average molecular weight is 450 g/mol. The van der Waals surface area contributed by atoms with Gasteiger partial charge in [0.25, 0.3) is 0 Å². The van der Waals surface area contributed by atoms with Gasteiger partial charge in [0.1, 0.15) is 0 Å². The Bertz CT molecular complexity index is 529. The van der Waals surface area contributed by atoms with Crippen LogP contribution in [-0.2, 0) is 12.8 Å². The number of alkyl halides is 2. The Kier molecular flexibility index (Phi) is 5.09. The Morgan fingerprint density at radius 3 is 2.94 bits per heavy atom. The smallest absolute Gasteiger partial charge is 0.0184 e. The molecule has 0 bridgehead atoms. The predicted molar refractivity (Wildman–Crippen MR) is 93.5 cm³/mol. The van der Waals surface area contributed by atoms with Crippen LogP contribution in [0.1, 0.15) is 17.5 Å². The molecule has 0 heterocycles. The zero-order valence-electron chi connectivity index (χ0n) is 9.76. The van der Waals surface area contributed by atoms with E-state index in [2.05, 4.69) is 76.0 Å². The van der Waals surface area contributed by atoms with Crippen LogP contribution in [0, 0.1) is 0 Å². The Labute approximate surface area is 130 Å². The van der Waals surface area contributed by atoms with Crippen molar-refractivity contribution < 1.29 is 0 Å². The van der Waals surface area contributed by atoms with Gasteiger partial charge in [-0.15, -0.1) is 0 Å².